The minimum absolute atomic E-state index is 0.0257. The summed E-state index contributed by atoms with van der Waals surface area (Å²) in [5, 5.41) is 14.8. The van der Waals surface area contributed by atoms with Crippen LogP contribution in [0.4, 0.5) is 5.69 Å². The van der Waals surface area contributed by atoms with Crippen LogP contribution >= 0.6 is 0 Å². The second-order valence-electron chi connectivity index (χ2n) is 9.51. The Bertz CT molecular complexity index is 1160. The molecule has 1 spiro atoms. The number of para-hydroxylation sites is 1. The predicted octanol–water partition coefficient (Wildman–Crippen LogP) is 3.01. The zero-order chi connectivity index (χ0) is 24.9. The molecule has 1 aliphatic carbocycles. The monoisotopic (exact) mass is 463 g/mol. The third-order valence-electron chi connectivity index (χ3n) is 8.14. The molecule has 0 saturated heterocycles. The zero-order valence-corrected chi connectivity index (χ0v) is 19.7. The minimum Gasteiger partial charge on any atom is -0.466 e. The number of carbonyl (C=O) groups is 4. The van der Waals surface area contributed by atoms with Crippen LogP contribution in [0.2, 0.25) is 0 Å². The number of esters is 1. The average Bonchev–Trinajstić information content (AvgIpc) is 3.09. The van der Waals surface area contributed by atoms with Crippen molar-refractivity contribution in [2.45, 2.75) is 44.6 Å². The molecule has 1 aliphatic heterocycles. The van der Waals surface area contributed by atoms with Crippen LogP contribution in [0.25, 0.3) is 0 Å². The summed E-state index contributed by atoms with van der Waals surface area (Å²) in [6, 6.07) is 15.9. The summed E-state index contributed by atoms with van der Waals surface area (Å²) in [5.74, 6) is -5.28. The van der Waals surface area contributed by atoms with Crippen LogP contribution in [-0.2, 0) is 29.3 Å². The van der Waals surface area contributed by atoms with Gasteiger partial charge in [0.1, 0.15) is 12.1 Å². The number of amides is 1. The highest BCUT2D eigenvalue weighted by Crippen LogP contribution is 2.67. The molecule has 2 N–H and O–H groups in total. The van der Waals surface area contributed by atoms with E-state index >= 15 is 0 Å². The molecule has 7 nitrogen and oxygen atoms in total. The van der Waals surface area contributed by atoms with Crippen molar-refractivity contribution in [3.8, 4) is 0 Å². The fourth-order valence-corrected chi connectivity index (χ4v) is 6.33. The average molecular weight is 464 g/mol. The first-order chi connectivity index (χ1) is 16.1. The summed E-state index contributed by atoms with van der Waals surface area (Å²) in [4.78, 5) is 53.8. The smallest absolute Gasteiger partial charge is 0.311 e. The normalized spacial score (nSPS) is 34.3. The van der Waals surface area contributed by atoms with Gasteiger partial charge in [-0.25, -0.2) is 0 Å². The van der Waals surface area contributed by atoms with Gasteiger partial charge < -0.3 is 20.0 Å². The molecule has 4 rings (SSSR count). The second kappa shape index (κ2) is 8.17. The van der Waals surface area contributed by atoms with Crippen molar-refractivity contribution in [1.29, 1.82) is 0 Å². The Balaban J connectivity index is 2.20. The molecule has 2 aliphatic rings. The lowest BCUT2D eigenvalue weighted by Gasteiger charge is -2.61. The lowest BCUT2D eigenvalue weighted by atomic mass is 9.40. The molecule has 1 saturated carbocycles. The van der Waals surface area contributed by atoms with Crippen molar-refractivity contribution >= 4 is 29.6 Å². The fourth-order valence-electron chi connectivity index (χ4n) is 6.33. The number of ketones is 1. The van der Waals surface area contributed by atoms with Crippen LogP contribution in [0.1, 0.15) is 44.7 Å². The lowest BCUT2D eigenvalue weighted by molar-refractivity contribution is -0.207. The van der Waals surface area contributed by atoms with Crippen LogP contribution in [0.5, 0.6) is 0 Å². The SMILES string of the molecule is CCOC(=O)[C@@H]1[C@@]2(C(=O)Nc3ccccc32)[C@@H](c2ccccc2)[C@H](C=O)[C@](C)(O)[C@]1(C)C(C)=O. The second-order valence-corrected chi connectivity index (χ2v) is 9.51. The number of Topliss-reactive ketones (excluding diaryl/α,β-unsaturated/α-hetero) is 1. The molecule has 2 aromatic carbocycles. The molecule has 1 amide bonds. The van der Waals surface area contributed by atoms with Gasteiger partial charge in [-0.05, 0) is 44.9 Å². The van der Waals surface area contributed by atoms with Crippen LogP contribution in [-0.4, -0.2) is 41.3 Å². The summed E-state index contributed by atoms with van der Waals surface area (Å²) in [6.07, 6.45) is 0.607. The van der Waals surface area contributed by atoms with Gasteiger partial charge in [0, 0.05) is 11.6 Å². The molecule has 0 bridgehead atoms. The van der Waals surface area contributed by atoms with Gasteiger partial charge in [0.15, 0.2) is 0 Å². The Morgan fingerprint density at radius 3 is 2.29 bits per heavy atom. The van der Waals surface area contributed by atoms with Crippen molar-refractivity contribution in [2.75, 3.05) is 11.9 Å². The third-order valence-corrected chi connectivity index (χ3v) is 8.14. The van der Waals surface area contributed by atoms with Gasteiger partial charge in [0.2, 0.25) is 5.91 Å². The topological polar surface area (TPSA) is 110 Å². The highest BCUT2D eigenvalue weighted by atomic mass is 16.5. The number of hydrogen-bond acceptors (Lipinski definition) is 6. The van der Waals surface area contributed by atoms with Crippen LogP contribution in [0, 0.1) is 17.3 Å². The summed E-state index contributed by atoms with van der Waals surface area (Å²) >= 11 is 0. The number of rotatable bonds is 5. The van der Waals surface area contributed by atoms with Gasteiger partial charge in [0.05, 0.1) is 34.9 Å². The molecule has 0 aromatic heterocycles. The minimum atomic E-state index is -1.96. The molecule has 2 aromatic rings. The first-order valence-corrected chi connectivity index (χ1v) is 11.4. The number of anilines is 1. The van der Waals surface area contributed by atoms with Crippen molar-refractivity contribution in [3.63, 3.8) is 0 Å². The molecule has 7 heteroatoms. The Kier molecular flexibility index (Phi) is 5.72. The highest BCUT2D eigenvalue weighted by Gasteiger charge is 2.77. The summed E-state index contributed by atoms with van der Waals surface area (Å²) in [6.45, 7) is 5.81. The Morgan fingerprint density at radius 1 is 1.09 bits per heavy atom. The van der Waals surface area contributed by atoms with Crippen molar-refractivity contribution in [1.82, 2.24) is 0 Å². The number of hydrogen-bond donors (Lipinski definition) is 2. The number of aliphatic hydroxyl groups is 1. The first-order valence-electron chi connectivity index (χ1n) is 11.4. The zero-order valence-electron chi connectivity index (χ0n) is 19.7. The number of ether oxygens (including phenoxy) is 1. The van der Waals surface area contributed by atoms with Crippen LogP contribution in [0.3, 0.4) is 0 Å². The van der Waals surface area contributed by atoms with Gasteiger partial charge in [-0.1, -0.05) is 48.5 Å². The molecule has 34 heavy (non-hydrogen) atoms. The van der Waals surface area contributed by atoms with Gasteiger partial charge in [0.25, 0.3) is 0 Å². The Hall–Kier alpha value is -3.32. The summed E-state index contributed by atoms with van der Waals surface area (Å²) in [5.41, 5.74) is -3.82. The third kappa shape index (κ3) is 2.86. The standard InChI is InChI=1S/C27H29NO6/c1-5-34-23(31)22-25(3,16(2)30)26(4,33)19(15-29)21(17-11-7-6-8-12-17)27(22)18-13-9-10-14-20(18)28-24(27)32/h6-15,19,21-22,33H,5H2,1-4H3,(H,28,32)/t19-,21-,22-,25+,26-,27-/m0/s1. The van der Waals surface area contributed by atoms with E-state index in [1.807, 2.05) is 0 Å². The number of fused-ring (bicyclic) bond motifs is 2. The molecule has 0 radical (unpaired) electrons. The predicted molar refractivity (Wildman–Crippen MR) is 125 cm³/mol. The fraction of sp³-hybridized carbons (Fsp3) is 0.407. The first kappa shape index (κ1) is 23.8. The highest BCUT2D eigenvalue weighted by molar-refractivity contribution is 6.11. The maximum absolute atomic E-state index is 14.1. The van der Waals surface area contributed by atoms with Gasteiger partial charge >= 0.3 is 5.97 Å². The lowest BCUT2D eigenvalue weighted by Crippen LogP contribution is -2.73. The Morgan fingerprint density at radius 2 is 1.71 bits per heavy atom. The van der Waals surface area contributed by atoms with E-state index in [0.717, 1.165) is 0 Å². The largest absolute Gasteiger partial charge is 0.466 e. The van der Waals surface area contributed by atoms with Gasteiger partial charge in [-0.15, -0.1) is 0 Å². The van der Waals surface area contributed by atoms with E-state index in [1.54, 1.807) is 61.5 Å². The number of nitrogens with one attached hydrogen (secondary N) is 1. The van der Waals surface area contributed by atoms with Gasteiger partial charge in [-0.2, -0.15) is 0 Å². The van der Waals surface area contributed by atoms with E-state index in [1.165, 1.54) is 20.8 Å². The van der Waals surface area contributed by atoms with Crippen molar-refractivity contribution in [3.05, 3.63) is 65.7 Å². The van der Waals surface area contributed by atoms with Crippen LogP contribution in [0.15, 0.2) is 54.6 Å². The number of carbonyl (C=O) groups excluding carboxylic acids is 4. The molecular formula is C27H29NO6. The van der Waals surface area contributed by atoms with Gasteiger partial charge in [-0.3, -0.25) is 14.4 Å². The van der Waals surface area contributed by atoms with E-state index in [-0.39, 0.29) is 6.61 Å². The van der Waals surface area contributed by atoms with Crippen LogP contribution < -0.4 is 5.32 Å². The molecule has 1 heterocycles. The molecule has 178 valence electrons. The van der Waals surface area contributed by atoms with E-state index in [2.05, 4.69) is 5.32 Å². The molecule has 1 fully saturated rings. The van der Waals surface area contributed by atoms with Crippen molar-refractivity contribution < 1.29 is 29.0 Å². The molecule has 0 unspecified atom stereocenters. The van der Waals surface area contributed by atoms with E-state index in [0.29, 0.717) is 23.1 Å². The maximum atomic E-state index is 14.1. The van der Waals surface area contributed by atoms with E-state index < -0.39 is 51.8 Å². The Labute approximate surface area is 198 Å². The number of aldehydes is 1. The molecule has 6 atom stereocenters. The molecular weight excluding hydrogens is 434 g/mol. The quantitative estimate of drug-likeness (QED) is 0.521. The summed E-state index contributed by atoms with van der Waals surface area (Å²) in [7, 11) is 0. The van der Waals surface area contributed by atoms with E-state index in [4.69, 9.17) is 4.74 Å². The summed E-state index contributed by atoms with van der Waals surface area (Å²) < 4.78 is 5.45. The number of benzene rings is 2. The maximum Gasteiger partial charge on any atom is 0.311 e. The van der Waals surface area contributed by atoms with Crippen molar-refractivity contribution in [2.24, 2.45) is 17.3 Å². The van der Waals surface area contributed by atoms with E-state index in [9.17, 15) is 24.3 Å².